The minimum atomic E-state index is -1.06. The Labute approximate surface area is 223 Å². The van der Waals surface area contributed by atoms with Crippen LogP contribution in [0.15, 0.2) is 71.7 Å². The summed E-state index contributed by atoms with van der Waals surface area (Å²) in [5.74, 6) is 0.495. The Balaban J connectivity index is 0.00000306. The van der Waals surface area contributed by atoms with Gasteiger partial charge in [-0.1, -0.05) is 47.5 Å². The molecule has 4 rings (SSSR count). The third kappa shape index (κ3) is 6.22. The first-order chi connectivity index (χ1) is 15.4. The maximum Gasteiger partial charge on any atom is 1.00 e. The molecular formula is C24H20Cl2N2NaO4+. The maximum atomic E-state index is 10.9. The number of hydrogen-bond donors (Lipinski definition) is 2. The van der Waals surface area contributed by atoms with Crippen LogP contribution >= 0.6 is 23.2 Å². The van der Waals surface area contributed by atoms with Crippen LogP contribution in [0.3, 0.4) is 0 Å². The van der Waals surface area contributed by atoms with Gasteiger partial charge in [-0.2, -0.15) is 0 Å². The first-order valence-electron chi connectivity index (χ1n) is 9.82. The molecule has 2 atom stereocenters. The largest absolute Gasteiger partial charge is 1.00 e. The summed E-state index contributed by atoms with van der Waals surface area (Å²) in [5, 5.41) is 13.7. The van der Waals surface area contributed by atoms with Gasteiger partial charge in [0, 0.05) is 21.7 Å². The van der Waals surface area contributed by atoms with Crippen LogP contribution in [0.25, 0.3) is 0 Å². The number of rotatable bonds is 7. The molecule has 164 valence electrons. The van der Waals surface area contributed by atoms with Gasteiger partial charge in [0.25, 0.3) is 0 Å². The second kappa shape index (κ2) is 11.3. The van der Waals surface area contributed by atoms with Crippen molar-refractivity contribution in [2.75, 3.05) is 13.7 Å². The minimum Gasteiger partial charge on any atom is -0.497 e. The standard InChI is InChI=1S/C24H20Cl2N2O4.Na/c1-31-19-10-16(11-20(12-19)32-13-21(29)30)24-27-22(14-2-6-17(25)7-3-14)23(28-24)15-4-8-18(26)9-5-15;/h2-12,22-23H,13H2,1H3,(H,27,28)(H,29,30);/q;+1/t22-,23+;. The Morgan fingerprint density at radius 3 is 2.12 bits per heavy atom. The zero-order valence-corrected chi connectivity index (χ0v) is 21.6. The quantitative estimate of drug-likeness (QED) is 0.493. The molecule has 1 aliphatic rings. The van der Waals surface area contributed by atoms with Gasteiger partial charge in [0.1, 0.15) is 23.4 Å². The summed E-state index contributed by atoms with van der Waals surface area (Å²) in [6.45, 7) is -0.451. The molecule has 0 saturated heterocycles. The van der Waals surface area contributed by atoms with E-state index in [4.69, 9.17) is 42.8 Å². The number of nitrogens with zero attached hydrogens (tertiary/aromatic N) is 1. The summed E-state index contributed by atoms with van der Waals surface area (Å²) < 4.78 is 10.7. The van der Waals surface area contributed by atoms with E-state index >= 15 is 0 Å². The van der Waals surface area contributed by atoms with E-state index in [0.29, 0.717) is 27.4 Å². The molecule has 1 aliphatic heterocycles. The van der Waals surface area contributed by atoms with Crippen molar-refractivity contribution < 1.29 is 48.9 Å². The number of carboxylic acids is 1. The van der Waals surface area contributed by atoms with E-state index in [0.717, 1.165) is 16.7 Å². The number of aliphatic imine (C=N–C) groups is 1. The molecule has 0 bridgehead atoms. The van der Waals surface area contributed by atoms with Crippen LogP contribution in [0.1, 0.15) is 28.8 Å². The molecule has 2 N–H and O–H groups in total. The van der Waals surface area contributed by atoms with Crippen LogP contribution < -0.4 is 44.3 Å². The summed E-state index contributed by atoms with van der Waals surface area (Å²) in [4.78, 5) is 15.9. The molecule has 3 aromatic carbocycles. The number of carbonyl (C=O) groups is 1. The predicted molar refractivity (Wildman–Crippen MR) is 124 cm³/mol. The van der Waals surface area contributed by atoms with Gasteiger partial charge in [0.2, 0.25) is 0 Å². The van der Waals surface area contributed by atoms with E-state index in [-0.39, 0.29) is 41.6 Å². The predicted octanol–water partition coefficient (Wildman–Crippen LogP) is 2.30. The molecule has 1 heterocycles. The number of ether oxygens (including phenoxy) is 2. The fraction of sp³-hybridized carbons (Fsp3) is 0.167. The van der Waals surface area contributed by atoms with Crippen molar-refractivity contribution in [1.29, 1.82) is 0 Å². The fourth-order valence-electron chi connectivity index (χ4n) is 3.55. The molecule has 0 unspecified atom stereocenters. The summed E-state index contributed by atoms with van der Waals surface area (Å²) in [7, 11) is 1.54. The van der Waals surface area contributed by atoms with E-state index in [1.807, 2.05) is 54.6 Å². The molecule has 0 saturated carbocycles. The fourth-order valence-corrected chi connectivity index (χ4v) is 3.80. The smallest absolute Gasteiger partial charge is 0.497 e. The number of aliphatic carboxylic acids is 1. The van der Waals surface area contributed by atoms with Gasteiger partial charge in [-0.05, 0) is 47.5 Å². The molecule has 0 spiro atoms. The van der Waals surface area contributed by atoms with Crippen LogP contribution in [-0.4, -0.2) is 30.6 Å². The first kappa shape index (κ1) is 25.4. The van der Waals surface area contributed by atoms with Crippen molar-refractivity contribution >= 4 is 35.0 Å². The Morgan fingerprint density at radius 2 is 1.55 bits per heavy atom. The monoisotopic (exact) mass is 493 g/mol. The molecule has 6 nitrogen and oxygen atoms in total. The van der Waals surface area contributed by atoms with E-state index in [2.05, 4.69) is 5.32 Å². The van der Waals surface area contributed by atoms with Crippen molar-refractivity contribution in [3.05, 3.63) is 93.5 Å². The van der Waals surface area contributed by atoms with Gasteiger partial charge < -0.3 is 19.9 Å². The molecule has 0 radical (unpaired) electrons. The number of halogens is 2. The van der Waals surface area contributed by atoms with Gasteiger partial charge in [0.05, 0.1) is 13.2 Å². The van der Waals surface area contributed by atoms with Crippen molar-refractivity contribution in [3.63, 3.8) is 0 Å². The van der Waals surface area contributed by atoms with Gasteiger partial charge in [-0.25, -0.2) is 4.79 Å². The van der Waals surface area contributed by atoms with Gasteiger partial charge >= 0.3 is 35.5 Å². The van der Waals surface area contributed by atoms with E-state index in [9.17, 15) is 4.79 Å². The molecule has 0 fully saturated rings. The molecule has 0 aliphatic carbocycles. The number of amidine groups is 1. The Bertz CT molecular complexity index is 1150. The third-order valence-electron chi connectivity index (χ3n) is 5.07. The van der Waals surface area contributed by atoms with Gasteiger partial charge in [0.15, 0.2) is 6.61 Å². The number of hydrogen-bond acceptors (Lipinski definition) is 5. The number of carboxylic acid groups (broad SMARTS) is 1. The number of nitrogens with one attached hydrogen (secondary N) is 1. The second-order valence-corrected chi connectivity index (χ2v) is 8.10. The molecule has 0 amide bonds. The van der Waals surface area contributed by atoms with Crippen molar-refractivity contribution in [2.45, 2.75) is 12.1 Å². The topological polar surface area (TPSA) is 80.2 Å². The van der Waals surface area contributed by atoms with Crippen molar-refractivity contribution in [1.82, 2.24) is 5.32 Å². The SMILES string of the molecule is COc1cc(OCC(=O)O)cc(C2=N[C@H](c3ccc(Cl)cc3)[C@H](c3ccc(Cl)cc3)N2)c1.[Na+]. The van der Waals surface area contributed by atoms with Crippen LogP contribution in [0.2, 0.25) is 10.0 Å². The number of benzene rings is 3. The molecular weight excluding hydrogens is 474 g/mol. The zero-order chi connectivity index (χ0) is 22.7. The molecule has 3 aromatic rings. The van der Waals surface area contributed by atoms with Crippen LogP contribution in [0, 0.1) is 0 Å². The average molecular weight is 494 g/mol. The Morgan fingerprint density at radius 1 is 0.970 bits per heavy atom. The first-order valence-corrected chi connectivity index (χ1v) is 10.6. The van der Waals surface area contributed by atoms with Crippen LogP contribution in [-0.2, 0) is 4.79 Å². The summed E-state index contributed by atoms with van der Waals surface area (Å²) in [6.07, 6.45) is 0. The molecule has 0 aromatic heterocycles. The van der Waals surface area contributed by atoms with E-state index in [1.165, 1.54) is 7.11 Å². The Kier molecular flexibility index (Phi) is 8.68. The van der Waals surface area contributed by atoms with Crippen molar-refractivity contribution in [3.8, 4) is 11.5 Å². The Hall–Kier alpha value is -2.22. The van der Waals surface area contributed by atoms with E-state index < -0.39 is 12.6 Å². The summed E-state index contributed by atoms with van der Waals surface area (Å²) in [5.41, 5.74) is 2.75. The second-order valence-electron chi connectivity index (χ2n) is 7.23. The molecule has 9 heteroatoms. The summed E-state index contributed by atoms with van der Waals surface area (Å²) in [6, 6.07) is 20.1. The van der Waals surface area contributed by atoms with Crippen molar-refractivity contribution in [2.24, 2.45) is 4.99 Å². The summed E-state index contributed by atoms with van der Waals surface area (Å²) >= 11 is 12.2. The maximum absolute atomic E-state index is 10.9. The number of methoxy groups -OCH3 is 1. The average Bonchev–Trinajstić information content (AvgIpc) is 3.24. The molecule has 33 heavy (non-hydrogen) atoms. The van der Waals surface area contributed by atoms with Crippen LogP contribution in [0.5, 0.6) is 11.5 Å². The third-order valence-corrected chi connectivity index (χ3v) is 5.57. The van der Waals surface area contributed by atoms with Gasteiger partial charge in [-0.15, -0.1) is 0 Å². The van der Waals surface area contributed by atoms with Gasteiger partial charge in [-0.3, -0.25) is 4.99 Å². The van der Waals surface area contributed by atoms with Crippen LogP contribution in [0.4, 0.5) is 0 Å². The minimum absolute atomic E-state index is 0. The van der Waals surface area contributed by atoms with E-state index in [1.54, 1.807) is 12.1 Å². The zero-order valence-electron chi connectivity index (χ0n) is 18.1. The normalized spacial score (nSPS) is 16.9.